The summed E-state index contributed by atoms with van der Waals surface area (Å²) in [5.41, 5.74) is 1.59. The standard InChI is InChI=1S/C36H38N2O7S/c1-5-44-33(40)30-20(2)37-35-38(31(30)25-7-9-26(42-3)10-8-25)32(39)29(46-35)16-21-6-11-27(28(15-21)43-4)45-34(41)36-17-22-12-23(18-36)14-24(13-22)19-36/h6-11,15-16,22-24,31H,5,12-14,17-19H2,1-4H3. The van der Waals surface area contributed by atoms with Gasteiger partial charge in [0.05, 0.1) is 48.1 Å². The summed E-state index contributed by atoms with van der Waals surface area (Å²) in [5, 5.41) is 0. The highest BCUT2D eigenvalue weighted by Crippen LogP contribution is 2.60. The highest BCUT2D eigenvalue weighted by Gasteiger charge is 2.55. The molecule has 1 atom stereocenters. The molecule has 4 fully saturated rings. The molecule has 2 aromatic carbocycles. The molecule has 2 heterocycles. The van der Waals surface area contributed by atoms with E-state index in [0.29, 0.717) is 61.2 Å². The number of fused-ring (bicyclic) bond motifs is 1. The zero-order chi connectivity index (χ0) is 32.2. The zero-order valence-corrected chi connectivity index (χ0v) is 27.4. The van der Waals surface area contributed by atoms with E-state index in [1.807, 2.05) is 18.2 Å². The number of nitrogens with zero attached hydrogens (tertiary/aromatic N) is 2. The van der Waals surface area contributed by atoms with Crippen LogP contribution < -0.4 is 29.1 Å². The van der Waals surface area contributed by atoms with Gasteiger partial charge in [-0.2, -0.15) is 0 Å². The van der Waals surface area contributed by atoms with Crippen LogP contribution >= 0.6 is 11.3 Å². The van der Waals surface area contributed by atoms with Gasteiger partial charge in [0.1, 0.15) is 5.75 Å². The fourth-order valence-corrected chi connectivity index (χ4v) is 9.52. The monoisotopic (exact) mass is 642 g/mol. The number of esters is 2. The number of allylic oxidation sites excluding steroid dienone is 1. The van der Waals surface area contributed by atoms with E-state index in [1.165, 1.54) is 30.6 Å². The van der Waals surface area contributed by atoms with Crippen molar-refractivity contribution in [1.82, 2.24) is 4.57 Å². The van der Waals surface area contributed by atoms with Crippen molar-refractivity contribution in [3.8, 4) is 17.2 Å². The fourth-order valence-electron chi connectivity index (χ4n) is 8.47. The van der Waals surface area contributed by atoms with Gasteiger partial charge in [-0.3, -0.25) is 14.2 Å². The Bertz CT molecular complexity index is 1880. The number of carbonyl (C=O) groups is 2. The molecule has 240 valence electrons. The highest BCUT2D eigenvalue weighted by molar-refractivity contribution is 7.07. The molecule has 0 saturated heterocycles. The summed E-state index contributed by atoms with van der Waals surface area (Å²) in [7, 11) is 3.13. The molecule has 3 aromatic rings. The Hall–Kier alpha value is -4.18. The summed E-state index contributed by atoms with van der Waals surface area (Å²) in [6.45, 7) is 3.70. The molecule has 0 radical (unpaired) electrons. The maximum Gasteiger partial charge on any atom is 0.338 e. The first-order valence-corrected chi connectivity index (χ1v) is 16.8. The van der Waals surface area contributed by atoms with E-state index in [1.54, 1.807) is 63.0 Å². The lowest BCUT2D eigenvalue weighted by atomic mass is 9.49. The normalized spacial score (nSPS) is 26.4. The maximum atomic E-state index is 14.0. The molecule has 8 rings (SSSR count). The quantitative estimate of drug-likeness (QED) is 0.253. The summed E-state index contributed by atoms with van der Waals surface area (Å²) in [4.78, 5) is 45.9. The van der Waals surface area contributed by atoms with Crippen LogP contribution in [0, 0.1) is 23.2 Å². The molecular formula is C36H38N2O7S. The Kier molecular flexibility index (Phi) is 7.87. The second-order valence-corrected chi connectivity index (χ2v) is 14.1. The van der Waals surface area contributed by atoms with Crippen molar-refractivity contribution in [2.24, 2.45) is 28.2 Å². The largest absolute Gasteiger partial charge is 0.497 e. The van der Waals surface area contributed by atoms with Crippen LogP contribution in [0.4, 0.5) is 0 Å². The van der Waals surface area contributed by atoms with Crippen molar-refractivity contribution in [1.29, 1.82) is 0 Å². The zero-order valence-electron chi connectivity index (χ0n) is 26.5. The summed E-state index contributed by atoms with van der Waals surface area (Å²) in [6, 6.07) is 11.9. The minimum atomic E-state index is -0.718. The van der Waals surface area contributed by atoms with Crippen molar-refractivity contribution in [3.05, 3.63) is 84.5 Å². The summed E-state index contributed by atoms with van der Waals surface area (Å²) < 4.78 is 24.4. The van der Waals surface area contributed by atoms with E-state index < -0.39 is 12.0 Å². The molecule has 5 aliphatic rings. The highest BCUT2D eigenvalue weighted by atomic mass is 32.1. The topological polar surface area (TPSA) is 105 Å². The van der Waals surface area contributed by atoms with Gasteiger partial charge < -0.3 is 18.9 Å². The summed E-state index contributed by atoms with van der Waals surface area (Å²) in [5.74, 6) is 2.73. The van der Waals surface area contributed by atoms with E-state index in [4.69, 9.17) is 18.9 Å². The van der Waals surface area contributed by atoms with Gasteiger partial charge >= 0.3 is 11.9 Å². The molecule has 46 heavy (non-hydrogen) atoms. The third-order valence-electron chi connectivity index (χ3n) is 10.1. The maximum absolute atomic E-state index is 14.0. The molecule has 0 amide bonds. The second kappa shape index (κ2) is 11.9. The number of hydrogen-bond acceptors (Lipinski definition) is 9. The van der Waals surface area contributed by atoms with Crippen molar-refractivity contribution in [2.45, 2.75) is 58.4 Å². The van der Waals surface area contributed by atoms with Crippen molar-refractivity contribution in [3.63, 3.8) is 0 Å². The average Bonchev–Trinajstić information content (AvgIpc) is 3.34. The third-order valence-corrected chi connectivity index (χ3v) is 11.1. The van der Waals surface area contributed by atoms with Crippen LogP contribution in [0.1, 0.15) is 69.5 Å². The van der Waals surface area contributed by atoms with E-state index >= 15 is 0 Å². The Balaban J connectivity index is 1.22. The molecule has 4 saturated carbocycles. The average molecular weight is 643 g/mol. The van der Waals surface area contributed by atoms with Crippen LogP contribution in [-0.2, 0) is 14.3 Å². The number of hydrogen-bond donors (Lipinski definition) is 0. The van der Waals surface area contributed by atoms with Crippen LogP contribution in [0.25, 0.3) is 6.08 Å². The van der Waals surface area contributed by atoms with Crippen LogP contribution in [0.5, 0.6) is 17.2 Å². The van der Waals surface area contributed by atoms with Gasteiger partial charge in [-0.1, -0.05) is 29.5 Å². The first-order chi connectivity index (χ1) is 22.2. The lowest BCUT2D eigenvalue weighted by Gasteiger charge is -2.55. The van der Waals surface area contributed by atoms with Gasteiger partial charge in [0.25, 0.3) is 5.56 Å². The minimum Gasteiger partial charge on any atom is -0.497 e. The molecule has 0 N–H and O–H groups in total. The molecule has 9 nitrogen and oxygen atoms in total. The number of aromatic nitrogens is 1. The predicted octanol–water partition coefficient (Wildman–Crippen LogP) is 4.94. The van der Waals surface area contributed by atoms with Gasteiger partial charge in [-0.05, 0) is 112 Å². The van der Waals surface area contributed by atoms with Crippen LogP contribution in [0.3, 0.4) is 0 Å². The van der Waals surface area contributed by atoms with Crippen molar-refractivity contribution >= 4 is 29.4 Å². The predicted molar refractivity (Wildman–Crippen MR) is 173 cm³/mol. The van der Waals surface area contributed by atoms with E-state index in [9.17, 15) is 14.4 Å². The van der Waals surface area contributed by atoms with Crippen molar-refractivity contribution in [2.75, 3.05) is 20.8 Å². The number of methoxy groups -OCH3 is 2. The Labute approximate surface area is 271 Å². The molecule has 1 aliphatic heterocycles. The number of thiazole rings is 1. The summed E-state index contributed by atoms with van der Waals surface area (Å²) >= 11 is 1.25. The first kappa shape index (κ1) is 30.5. The summed E-state index contributed by atoms with van der Waals surface area (Å²) in [6.07, 6.45) is 8.29. The lowest BCUT2D eigenvalue weighted by molar-refractivity contribution is -0.161. The van der Waals surface area contributed by atoms with Crippen LogP contribution in [-0.4, -0.2) is 37.3 Å². The van der Waals surface area contributed by atoms with Crippen LogP contribution in [0.2, 0.25) is 0 Å². The second-order valence-electron chi connectivity index (χ2n) is 13.1. The van der Waals surface area contributed by atoms with Gasteiger partial charge in [0.2, 0.25) is 0 Å². The van der Waals surface area contributed by atoms with Crippen LogP contribution in [0.15, 0.2) is 63.5 Å². The van der Waals surface area contributed by atoms with Gasteiger partial charge in [-0.15, -0.1) is 0 Å². The molecule has 1 unspecified atom stereocenters. The smallest absolute Gasteiger partial charge is 0.338 e. The lowest BCUT2D eigenvalue weighted by Crippen LogP contribution is -2.51. The SMILES string of the molecule is CCOC(=O)C1=C(C)N=c2sc(=Cc3ccc(OC(=O)C45CC6CC(CC(C6)C4)C5)c(OC)c3)c(=O)n2C1c1ccc(OC)cc1. The first-order valence-electron chi connectivity index (χ1n) is 16.0. The van der Waals surface area contributed by atoms with E-state index in [0.717, 1.165) is 24.8 Å². The Morgan fingerprint density at radius 2 is 1.65 bits per heavy atom. The van der Waals surface area contributed by atoms with E-state index in [-0.39, 0.29) is 23.6 Å². The molecule has 0 spiro atoms. The molecule has 10 heteroatoms. The minimum absolute atomic E-state index is 0.141. The molecule has 4 bridgehead atoms. The van der Waals surface area contributed by atoms with Crippen molar-refractivity contribution < 1.29 is 28.5 Å². The van der Waals surface area contributed by atoms with Gasteiger partial charge in [0.15, 0.2) is 16.3 Å². The Morgan fingerprint density at radius 1 is 0.978 bits per heavy atom. The fraction of sp³-hybridized carbons (Fsp3) is 0.444. The number of carbonyl (C=O) groups excluding carboxylic acids is 2. The third kappa shape index (κ3) is 5.26. The molecular weight excluding hydrogens is 604 g/mol. The van der Waals surface area contributed by atoms with E-state index in [2.05, 4.69) is 4.99 Å². The number of benzene rings is 2. The number of rotatable bonds is 8. The number of ether oxygens (including phenoxy) is 4. The Morgan fingerprint density at radius 3 is 2.26 bits per heavy atom. The molecule has 4 aliphatic carbocycles. The van der Waals surface area contributed by atoms with Gasteiger partial charge in [0, 0.05) is 0 Å². The van der Waals surface area contributed by atoms with Gasteiger partial charge in [-0.25, -0.2) is 9.79 Å². The molecule has 1 aromatic heterocycles.